The molecule has 2 aromatic heterocycles. The zero-order valence-electron chi connectivity index (χ0n) is 35.9. The minimum absolute atomic E-state index is 0.538. The van der Waals surface area contributed by atoms with E-state index >= 15 is 0 Å². The second-order valence-electron chi connectivity index (χ2n) is 17.2. The van der Waals surface area contributed by atoms with Gasteiger partial charge >= 0.3 is 0 Å². The van der Waals surface area contributed by atoms with Crippen LogP contribution >= 0.6 is 0 Å². The van der Waals surface area contributed by atoms with Gasteiger partial charge < -0.3 is 4.42 Å². The number of fused-ring (bicyclic) bond motifs is 7. The predicted molar refractivity (Wildman–Crippen MR) is 271 cm³/mol. The monoisotopic (exact) mass is 840 g/mol. The van der Waals surface area contributed by atoms with Gasteiger partial charge in [-0.25, -0.2) is 9.97 Å². The number of nitrogens with zero attached hydrogens (tertiary/aromatic N) is 2. The van der Waals surface area contributed by atoms with Crippen molar-refractivity contribution in [2.24, 2.45) is 0 Å². The zero-order valence-corrected chi connectivity index (χ0v) is 35.9. The lowest BCUT2D eigenvalue weighted by Gasteiger charge is -2.33. The number of rotatable bonds is 7. The molecular weight excluding hydrogens is 801 g/mol. The highest BCUT2D eigenvalue weighted by molar-refractivity contribution is 6.10. The fourth-order valence-corrected chi connectivity index (χ4v) is 10.6. The van der Waals surface area contributed by atoms with E-state index in [1.54, 1.807) is 0 Å². The molecule has 0 saturated heterocycles. The summed E-state index contributed by atoms with van der Waals surface area (Å²) in [5.41, 5.74) is 17.5. The molecule has 10 aromatic carbocycles. The van der Waals surface area contributed by atoms with E-state index in [9.17, 15) is 0 Å². The molecular formula is C63H40N2O. The van der Waals surface area contributed by atoms with Crippen molar-refractivity contribution in [3.8, 4) is 67.3 Å². The van der Waals surface area contributed by atoms with Gasteiger partial charge in [0.25, 0.3) is 0 Å². The molecule has 13 rings (SSSR count). The van der Waals surface area contributed by atoms with Crippen molar-refractivity contribution in [2.45, 2.75) is 5.41 Å². The third kappa shape index (κ3) is 5.98. The first-order chi connectivity index (χ1) is 32.7. The van der Waals surface area contributed by atoms with Gasteiger partial charge in [-0.3, -0.25) is 0 Å². The van der Waals surface area contributed by atoms with Crippen molar-refractivity contribution in [3.63, 3.8) is 0 Å². The number of hydrogen-bond donors (Lipinski definition) is 0. The number of benzene rings is 10. The first-order valence-electron chi connectivity index (χ1n) is 22.6. The van der Waals surface area contributed by atoms with Crippen LogP contribution in [0.3, 0.4) is 0 Å². The summed E-state index contributed by atoms with van der Waals surface area (Å²) in [7, 11) is 0. The summed E-state index contributed by atoms with van der Waals surface area (Å²) in [5.74, 6) is 0.668. The van der Waals surface area contributed by atoms with Crippen LogP contribution in [0.15, 0.2) is 247 Å². The Hall–Kier alpha value is -8.66. The maximum Gasteiger partial charge on any atom is 0.160 e. The Bertz CT molecular complexity index is 3780. The average molecular weight is 841 g/mol. The largest absolute Gasteiger partial charge is 0.455 e. The summed E-state index contributed by atoms with van der Waals surface area (Å²) < 4.78 is 6.67. The highest BCUT2D eigenvalue weighted by atomic mass is 16.3. The second kappa shape index (κ2) is 15.3. The maximum atomic E-state index is 6.67. The molecule has 66 heavy (non-hydrogen) atoms. The molecule has 0 unspecified atom stereocenters. The standard InChI is InChI=1S/C63H40N2O/c1-4-19-42(20-5-1)62-64-57(40-58(65-62)54-30-17-32-56-60(54)53-27-12-14-31-55(53)63(56,48-22-6-2-7-23-48)49-24-8-3-9-25-49)47-38-45(44-35-34-41-18-10-11-21-43(41)36-44)37-46(39-47)50-28-16-29-52-51-26-13-15-33-59(51)66-61(50)52/h1-40H. The van der Waals surface area contributed by atoms with Crippen LogP contribution in [0, 0.1) is 0 Å². The number of furan rings is 1. The van der Waals surface area contributed by atoms with E-state index in [2.05, 4.69) is 224 Å². The van der Waals surface area contributed by atoms with Crippen molar-refractivity contribution < 1.29 is 4.42 Å². The van der Waals surface area contributed by atoms with Crippen LogP contribution in [0.5, 0.6) is 0 Å². The Morgan fingerprint density at radius 3 is 1.74 bits per heavy atom. The molecule has 2 heterocycles. The Balaban J connectivity index is 1.08. The molecule has 0 bridgehead atoms. The Morgan fingerprint density at radius 2 is 0.924 bits per heavy atom. The first-order valence-corrected chi connectivity index (χ1v) is 22.6. The summed E-state index contributed by atoms with van der Waals surface area (Å²) in [6.45, 7) is 0. The Kier molecular flexibility index (Phi) is 8.75. The molecule has 12 aromatic rings. The average Bonchev–Trinajstić information content (AvgIpc) is 3.93. The van der Waals surface area contributed by atoms with Gasteiger partial charge in [0, 0.05) is 33.0 Å². The molecule has 0 N–H and O–H groups in total. The minimum Gasteiger partial charge on any atom is -0.455 e. The van der Waals surface area contributed by atoms with Gasteiger partial charge in [0.1, 0.15) is 11.2 Å². The van der Waals surface area contributed by atoms with Crippen LogP contribution in [0.4, 0.5) is 0 Å². The molecule has 0 aliphatic heterocycles. The van der Waals surface area contributed by atoms with Gasteiger partial charge in [0.15, 0.2) is 5.82 Å². The van der Waals surface area contributed by atoms with Gasteiger partial charge in [0.2, 0.25) is 0 Å². The maximum absolute atomic E-state index is 6.67. The normalized spacial score (nSPS) is 12.7. The summed E-state index contributed by atoms with van der Waals surface area (Å²) >= 11 is 0. The number of aromatic nitrogens is 2. The van der Waals surface area contributed by atoms with Crippen molar-refractivity contribution in [3.05, 3.63) is 265 Å². The van der Waals surface area contributed by atoms with E-state index in [0.29, 0.717) is 5.82 Å². The van der Waals surface area contributed by atoms with Crippen LogP contribution in [-0.2, 0) is 5.41 Å². The summed E-state index contributed by atoms with van der Waals surface area (Å²) in [4.78, 5) is 10.9. The van der Waals surface area contributed by atoms with E-state index in [-0.39, 0.29) is 0 Å². The van der Waals surface area contributed by atoms with Crippen molar-refractivity contribution in [1.82, 2.24) is 9.97 Å². The highest BCUT2D eigenvalue weighted by Crippen LogP contribution is 2.58. The van der Waals surface area contributed by atoms with Gasteiger partial charge in [-0.05, 0) is 97.2 Å². The molecule has 308 valence electrons. The van der Waals surface area contributed by atoms with E-state index in [1.807, 2.05) is 18.2 Å². The predicted octanol–water partition coefficient (Wildman–Crippen LogP) is 16.2. The van der Waals surface area contributed by atoms with Crippen LogP contribution < -0.4 is 0 Å². The highest BCUT2D eigenvalue weighted by Gasteiger charge is 2.46. The lowest BCUT2D eigenvalue weighted by molar-refractivity contribution is 0.670. The quantitative estimate of drug-likeness (QED) is 0.160. The van der Waals surface area contributed by atoms with Crippen LogP contribution in [0.25, 0.3) is 100.0 Å². The fourth-order valence-electron chi connectivity index (χ4n) is 10.6. The molecule has 1 aliphatic rings. The van der Waals surface area contributed by atoms with Crippen molar-refractivity contribution in [1.29, 1.82) is 0 Å². The zero-order chi connectivity index (χ0) is 43.6. The van der Waals surface area contributed by atoms with E-state index in [1.165, 1.54) is 44.2 Å². The summed E-state index contributed by atoms with van der Waals surface area (Å²) in [6, 6.07) is 87.0. The van der Waals surface area contributed by atoms with E-state index in [4.69, 9.17) is 14.4 Å². The minimum atomic E-state index is -0.538. The van der Waals surface area contributed by atoms with E-state index in [0.717, 1.165) is 72.3 Å². The lowest BCUT2D eigenvalue weighted by atomic mass is 9.67. The molecule has 0 radical (unpaired) electrons. The van der Waals surface area contributed by atoms with Crippen molar-refractivity contribution >= 4 is 32.7 Å². The topological polar surface area (TPSA) is 38.9 Å². The van der Waals surface area contributed by atoms with Gasteiger partial charge in [0.05, 0.1) is 16.8 Å². The van der Waals surface area contributed by atoms with Crippen molar-refractivity contribution in [2.75, 3.05) is 0 Å². The van der Waals surface area contributed by atoms with E-state index < -0.39 is 5.41 Å². The Morgan fingerprint density at radius 1 is 0.333 bits per heavy atom. The molecule has 1 aliphatic carbocycles. The number of para-hydroxylation sites is 2. The molecule has 0 atom stereocenters. The number of hydrogen-bond acceptors (Lipinski definition) is 3. The fraction of sp³-hybridized carbons (Fsp3) is 0.0159. The SMILES string of the molecule is c1ccc(-c2nc(-c3cc(-c4ccc5ccccc5c4)cc(-c4cccc5c4oc4ccccc45)c3)cc(-c3cccc4c3-c3ccccc3C4(c3ccccc3)c3ccccc3)n2)cc1. The molecule has 0 amide bonds. The summed E-state index contributed by atoms with van der Waals surface area (Å²) in [5, 5.41) is 4.60. The molecule has 0 saturated carbocycles. The smallest absolute Gasteiger partial charge is 0.160 e. The van der Waals surface area contributed by atoms with Crippen LogP contribution in [0.2, 0.25) is 0 Å². The molecule has 3 nitrogen and oxygen atoms in total. The molecule has 0 spiro atoms. The van der Waals surface area contributed by atoms with Crippen LogP contribution in [0.1, 0.15) is 22.3 Å². The molecule has 0 fully saturated rings. The first kappa shape index (κ1) is 37.9. The third-order valence-corrected chi connectivity index (χ3v) is 13.5. The van der Waals surface area contributed by atoms with Gasteiger partial charge in [-0.1, -0.05) is 206 Å². The second-order valence-corrected chi connectivity index (χ2v) is 17.2. The Labute approximate surface area is 383 Å². The van der Waals surface area contributed by atoms with Gasteiger partial charge in [-0.2, -0.15) is 0 Å². The molecule has 3 heteroatoms. The van der Waals surface area contributed by atoms with Crippen LogP contribution in [-0.4, -0.2) is 9.97 Å². The van der Waals surface area contributed by atoms with Gasteiger partial charge in [-0.15, -0.1) is 0 Å². The lowest BCUT2D eigenvalue weighted by Crippen LogP contribution is -2.28. The summed E-state index contributed by atoms with van der Waals surface area (Å²) in [6.07, 6.45) is 0. The third-order valence-electron chi connectivity index (χ3n) is 13.5.